The molecule has 1 unspecified atom stereocenters. The summed E-state index contributed by atoms with van der Waals surface area (Å²) in [6.07, 6.45) is -0.262. The average molecular weight is 378 g/mol. The van der Waals surface area contributed by atoms with Gasteiger partial charge in [-0.1, -0.05) is 36.4 Å². The number of ether oxygens (including phenoxy) is 1. The zero-order valence-electron chi connectivity index (χ0n) is 13.8. The standard InChI is InChI=1S/C17H25N2O2.Y/c1-14-12-18(13-15-8-6-5-7-9-15)10-11-19(14)16(20)21-17(2,3)4;/h5-9,14H,1,10-13H2,2-4H3;/q-1;+3. The van der Waals surface area contributed by atoms with Gasteiger partial charge in [0.15, 0.2) is 0 Å². The van der Waals surface area contributed by atoms with Gasteiger partial charge >= 0.3 is 38.8 Å². The molecule has 1 aliphatic heterocycles. The molecule has 1 heterocycles. The van der Waals surface area contributed by atoms with Crippen molar-refractivity contribution in [2.75, 3.05) is 19.6 Å². The first-order valence-electron chi connectivity index (χ1n) is 7.44. The van der Waals surface area contributed by atoms with E-state index in [1.165, 1.54) is 5.56 Å². The minimum absolute atomic E-state index is 0. The van der Waals surface area contributed by atoms with Crippen molar-refractivity contribution >= 4 is 6.09 Å². The van der Waals surface area contributed by atoms with Crippen LogP contribution in [0.25, 0.3) is 0 Å². The summed E-state index contributed by atoms with van der Waals surface area (Å²) in [6, 6.07) is 10.3. The first-order valence-corrected chi connectivity index (χ1v) is 7.44. The van der Waals surface area contributed by atoms with Crippen LogP contribution in [0.5, 0.6) is 0 Å². The van der Waals surface area contributed by atoms with Crippen LogP contribution in [0.3, 0.4) is 0 Å². The third-order valence-electron chi connectivity index (χ3n) is 3.44. The number of carbonyl (C=O) groups excluding carboxylic acids is 1. The number of hydrogen-bond donors (Lipinski definition) is 0. The number of rotatable bonds is 2. The fraction of sp³-hybridized carbons (Fsp3) is 0.529. The molecule has 1 aromatic carbocycles. The van der Waals surface area contributed by atoms with E-state index in [-0.39, 0.29) is 44.8 Å². The molecular weight excluding hydrogens is 353 g/mol. The summed E-state index contributed by atoms with van der Waals surface area (Å²) in [5.74, 6) is 0. The molecule has 0 spiro atoms. The topological polar surface area (TPSA) is 32.8 Å². The predicted octanol–water partition coefficient (Wildman–Crippen LogP) is 2.94. The molecule has 4 nitrogen and oxygen atoms in total. The molecule has 22 heavy (non-hydrogen) atoms. The number of hydrogen-bond acceptors (Lipinski definition) is 3. The van der Waals surface area contributed by atoms with E-state index < -0.39 is 5.60 Å². The van der Waals surface area contributed by atoms with E-state index in [0.717, 1.165) is 19.6 Å². The minimum atomic E-state index is -0.460. The largest absolute Gasteiger partial charge is 3.00 e. The summed E-state index contributed by atoms with van der Waals surface area (Å²) in [5.41, 5.74) is 0.827. The van der Waals surface area contributed by atoms with E-state index >= 15 is 0 Å². The second-order valence-corrected chi connectivity index (χ2v) is 6.55. The molecule has 1 fully saturated rings. The second kappa shape index (κ2) is 8.42. The number of benzene rings is 1. The van der Waals surface area contributed by atoms with E-state index in [0.29, 0.717) is 6.54 Å². The van der Waals surface area contributed by atoms with E-state index in [9.17, 15) is 4.79 Å². The molecule has 0 aromatic heterocycles. The summed E-state index contributed by atoms with van der Waals surface area (Å²) in [4.78, 5) is 16.2. The van der Waals surface area contributed by atoms with Crippen LogP contribution < -0.4 is 0 Å². The van der Waals surface area contributed by atoms with Gasteiger partial charge in [-0.3, -0.25) is 4.90 Å². The van der Waals surface area contributed by atoms with Crippen LogP contribution in [0.1, 0.15) is 26.3 Å². The Hall–Kier alpha value is -0.446. The third kappa shape index (κ3) is 5.98. The van der Waals surface area contributed by atoms with Gasteiger partial charge in [-0.15, -0.1) is 0 Å². The maximum absolute atomic E-state index is 12.1. The maximum atomic E-state index is 12.1. The van der Waals surface area contributed by atoms with Crippen LogP contribution in [0.15, 0.2) is 30.3 Å². The molecule has 1 aromatic rings. The number of amides is 1. The molecule has 0 aliphatic carbocycles. The molecule has 1 atom stereocenters. The molecule has 0 N–H and O–H groups in total. The Kier molecular flexibility index (Phi) is 7.50. The van der Waals surface area contributed by atoms with Crippen LogP contribution in [0.4, 0.5) is 4.79 Å². The fourth-order valence-electron chi connectivity index (χ4n) is 2.47. The van der Waals surface area contributed by atoms with Crippen molar-refractivity contribution in [2.45, 2.75) is 39.0 Å². The van der Waals surface area contributed by atoms with Gasteiger partial charge < -0.3 is 16.6 Å². The van der Waals surface area contributed by atoms with Gasteiger partial charge in [0, 0.05) is 19.6 Å². The van der Waals surface area contributed by atoms with E-state index in [1.807, 2.05) is 39.0 Å². The first-order chi connectivity index (χ1) is 9.85. The number of nitrogens with zero attached hydrogens (tertiary/aromatic N) is 2. The van der Waals surface area contributed by atoms with Crippen molar-refractivity contribution in [3.8, 4) is 0 Å². The van der Waals surface area contributed by atoms with E-state index in [1.54, 1.807) is 4.90 Å². The normalized spacial score (nSPS) is 19.5. The fourth-order valence-corrected chi connectivity index (χ4v) is 2.47. The number of carbonyl (C=O) groups is 1. The summed E-state index contributed by atoms with van der Waals surface area (Å²) < 4.78 is 5.43. The molecule has 5 heteroatoms. The summed E-state index contributed by atoms with van der Waals surface area (Å²) >= 11 is 0. The van der Waals surface area contributed by atoms with Gasteiger partial charge in [-0.25, -0.2) is 4.79 Å². The SMILES string of the molecule is [CH2-]C1CN(Cc2ccccc2)CCN1C(=O)OC(C)(C)C.[Y+3]. The molecule has 0 bridgehead atoms. The van der Waals surface area contributed by atoms with Gasteiger partial charge in [-0.05, 0) is 32.9 Å². The van der Waals surface area contributed by atoms with Gasteiger partial charge in [0.25, 0.3) is 0 Å². The summed E-state index contributed by atoms with van der Waals surface area (Å²) in [7, 11) is 0. The van der Waals surface area contributed by atoms with Crippen molar-refractivity contribution in [1.29, 1.82) is 0 Å². The van der Waals surface area contributed by atoms with Crippen molar-refractivity contribution in [1.82, 2.24) is 9.80 Å². The van der Waals surface area contributed by atoms with E-state index in [4.69, 9.17) is 4.74 Å². The van der Waals surface area contributed by atoms with Crippen LogP contribution in [-0.2, 0) is 44.0 Å². The third-order valence-corrected chi connectivity index (χ3v) is 3.44. The Labute approximate surface area is 159 Å². The molecule has 0 radical (unpaired) electrons. The predicted molar refractivity (Wildman–Crippen MR) is 83.8 cm³/mol. The number of piperazine rings is 1. The Morgan fingerprint density at radius 2 is 1.91 bits per heavy atom. The zero-order chi connectivity index (χ0) is 15.5. The van der Waals surface area contributed by atoms with Crippen LogP contribution >= 0.6 is 0 Å². The molecule has 1 aliphatic rings. The Morgan fingerprint density at radius 3 is 2.45 bits per heavy atom. The average Bonchev–Trinajstić information content (AvgIpc) is 2.37. The van der Waals surface area contributed by atoms with Gasteiger partial charge in [0.05, 0.1) is 0 Å². The van der Waals surface area contributed by atoms with Crippen molar-refractivity contribution < 1.29 is 42.2 Å². The van der Waals surface area contributed by atoms with E-state index in [2.05, 4.69) is 24.0 Å². The Balaban J connectivity index is 0.00000242. The van der Waals surface area contributed by atoms with Gasteiger partial charge in [-0.2, -0.15) is 0 Å². The van der Waals surface area contributed by atoms with Gasteiger partial charge in [0.2, 0.25) is 0 Å². The summed E-state index contributed by atoms with van der Waals surface area (Å²) in [5, 5.41) is 0. The molecule has 1 amide bonds. The van der Waals surface area contributed by atoms with Crippen molar-refractivity contribution in [3.05, 3.63) is 42.8 Å². The van der Waals surface area contributed by atoms with Crippen LogP contribution in [0.2, 0.25) is 0 Å². The molecule has 0 saturated carbocycles. The quantitative estimate of drug-likeness (QED) is 0.742. The molecule has 2 rings (SSSR count). The Bertz CT molecular complexity index is 473. The zero-order valence-corrected chi connectivity index (χ0v) is 16.6. The smallest absolute Gasteiger partial charge is 0.444 e. The van der Waals surface area contributed by atoms with Crippen molar-refractivity contribution in [3.63, 3.8) is 0 Å². The molecule has 116 valence electrons. The van der Waals surface area contributed by atoms with Crippen LogP contribution in [0, 0.1) is 6.92 Å². The Morgan fingerprint density at radius 1 is 1.27 bits per heavy atom. The maximum Gasteiger partial charge on any atom is 3.00 e. The van der Waals surface area contributed by atoms with Gasteiger partial charge in [0.1, 0.15) is 5.60 Å². The monoisotopic (exact) mass is 378 g/mol. The summed E-state index contributed by atoms with van der Waals surface area (Å²) in [6.45, 7) is 12.9. The molecular formula is C17H25N2O2Y+2. The van der Waals surface area contributed by atoms with Crippen LogP contribution in [-0.4, -0.2) is 47.2 Å². The molecule has 1 saturated heterocycles. The second-order valence-electron chi connectivity index (χ2n) is 6.55. The first kappa shape index (κ1) is 19.6. The van der Waals surface area contributed by atoms with Crippen molar-refractivity contribution in [2.24, 2.45) is 0 Å². The minimum Gasteiger partial charge on any atom is -0.444 e.